The van der Waals surface area contributed by atoms with Gasteiger partial charge in [0.15, 0.2) is 0 Å². The van der Waals surface area contributed by atoms with Crippen molar-refractivity contribution in [1.82, 2.24) is 10.2 Å². The second-order valence-electron chi connectivity index (χ2n) is 7.05. The minimum Gasteiger partial charge on any atom is -0.493 e. The number of nitrogens with zero attached hydrogens (tertiary/aromatic N) is 2. The molecule has 2 aromatic rings. The molecule has 2 aromatic carbocycles. The molecule has 0 radical (unpaired) electrons. The van der Waals surface area contributed by atoms with Crippen molar-refractivity contribution in [3.8, 4) is 5.75 Å². The molecule has 2 amide bonds. The fourth-order valence-corrected chi connectivity index (χ4v) is 3.43. The highest BCUT2D eigenvalue weighted by Crippen LogP contribution is 2.19. The number of rotatable bonds is 8. The summed E-state index contributed by atoms with van der Waals surface area (Å²) in [6.45, 7) is 5.87. The molecule has 0 unspecified atom stereocenters. The fraction of sp³-hybridized carbons (Fsp3) is 0.333. The molecule has 1 aliphatic rings. The highest BCUT2D eigenvalue weighted by atomic mass is 16.5. The molecule has 1 saturated heterocycles. The van der Waals surface area contributed by atoms with Crippen LogP contribution in [0.25, 0.3) is 6.08 Å². The number of benzene rings is 2. The molecule has 0 atom stereocenters. The molecule has 0 saturated carbocycles. The average Bonchev–Trinajstić information content (AvgIpc) is 2.79. The number of amides is 2. The van der Waals surface area contributed by atoms with Gasteiger partial charge >= 0.3 is 0 Å². The number of anilines is 1. The predicted molar refractivity (Wildman–Crippen MR) is 120 cm³/mol. The highest BCUT2D eigenvalue weighted by Gasteiger charge is 2.20. The number of piperazine rings is 1. The molecular weight excluding hydrogens is 378 g/mol. The van der Waals surface area contributed by atoms with Gasteiger partial charge in [0.25, 0.3) is 0 Å². The molecule has 0 spiro atoms. The number of hydrogen-bond acceptors (Lipinski definition) is 4. The van der Waals surface area contributed by atoms with Crippen molar-refractivity contribution in [1.29, 1.82) is 0 Å². The molecule has 6 nitrogen and oxygen atoms in total. The Bertz CT molecular complexity index is 859. The second kappa shape index (κ2) is 11.0. The first-order chi connectivity index (χ1) is 14.7. The Morgan fingerprint density at radius 3 is 2.43 bits per heavy atom. The van der Waals surface area contributed by atoms with E-state index in [1.807, 2.05) is 54.3 Å². The predicted octanol–water partition coefficient (Wildman–Crippen LogP) is 2.95. The van der Waals surface area contributed by atoms with Gasteiger partial charge in [-0.25, -0.2) is 0 Å². The lowest BCUT2D eigenvalue weighted by molar-refractivity contribution is -0.131. The molecular formula is C24H29N3O3. The van der Waals surface area contributed by atoms with E-state index in [2.05, 4.69) is 22.3 Å². The molecule has 30 heavy (non-hydrogen) atoms. The minimum atomic E-state index is -0.219. The number of carbonyl (C=O) groups is 2. The molecule has 6 heteroatoms. The van der Waals surface area contributed by atoms with E-state index >= 15 is 0 Å². The molecule has 0 aromatic heterocycles. The maximum absolute atomic E-state index is 12.4. The van der Waals surface area contributed by atoms with Gasteiger partial charge in [0.2, 0.25) is 11.8 Å². The summed E-state index contributed by atoms with van der Waals surface area (Å²) in [5.41, 5.74) is 2.04. The molecule has 1 N–H and O–H groups in total. The Kier molecular flexibility index (Phi) is 7.89. The van der Waals surface area contributed by atoms with Crippen LogP contribution in [0.15, 0.2) is 60.7 Å². The SMILES string of the molecule is CCOc1ccccc1/C=C/C(=O)NCCC(=O)N1CCN(c2ccccc2)CC1. The smallest absolute Gasteiger partial charge is 0.244 e. The van der Waals surface area contributed by atoms with Crippen molar-refractivity contribution in [3.05, 3.63) is 66.2 Å². The van der Waals surface area contributed by atoms with Crippen molar-refractivity contribution in [2.75, 3.05) is 44.2 Å². The van der Waals surface area contributed by atoms with Crippen LogP contribution in [0.3, 0.4) is 0 Å². The average molecular weight is 408 g/mol. The van der Waals surface area contributed by atoms with Gasteiger partial charge in [-0.15, -0.1) is 0 Å². The van der Waals surface area contributed by atoms with Gasteiger partial charge < -0.3 is 19.9 Å². The summed E-state index contributed by atoms with van der Waals surface area (Å²) >= 11 is 0. The number of carbonyl (C=O) groups excluding carboxylic acids is 2. The number of hydrogen-bond donors (Lipinski definition) is 1. The van der Waals surface area contributed by atoms with E-state index in [0.717, 1.165) is 24.4 Å². The third kappa shape index (κ3) is 6.11. The maximum atomic E-state index is 12.4. The fourth-order valence-electron chi connectivity index (χ4n) is 3.43. The summed E-state index contributed by atoms with van der Waals surface area (Å²) in [5, 5.41) is 2.78. The summed E-state index contributed by atoms with van der Waals surface area (Å²) in [6, 6.07) is 17.8. The van der Waals surface area contributed by atoms with Crippen molar-refractivity contribution in [3.63, 3.8) is 0 Å². The van der Waals surface area contributed by atoms with Gasteiger partial charge in [-0.3, -0.25) is 9.59 Å². The summed E-state index contributed by atoms with van der Waals surface area (Å²) in [7, 11) is 0. The van der Waals surface area contributed by atoms with E-state index in [1.54, 1.807) is 6.08 Å². The van der Waals surface area contributed by atoms with Crippen LogP contribution >= 0.6 is 0 Å². The van der Waals surface area contributed by atoms with Gasteiger partial charge in [0.1, 0.15) is 5.75 Å². The monoisotopic (exact) mass is 407 g/mol. The van der Waals surface area contributed by atoms with Crippen LogP contribution in [0.2, 0.25) is 0 Å². The Hall–Kier alpha value is -3.28. The van der Waals surface area contributed by atoms with Crippen LogP contribution in [0.4, 0.5) is 5.69 Å². The first-order valence-corrected chi connectivity index (χ1v) is 10.4. The van der Waals surface area contributed by atoms with Gasteiger partial charge in [-0.2, -0.15) is 0 Å². The molecule has 1 heterocycles. The Balaban J connectivity index is 1.39. The molecule has 158 valence electrons. The third-order valence-electron chi connectivity index (χ3n) is 5.02. The number of para-hydroxylation sites is 2. The molecule has 0 bridgehead atoms. The van der Waals surface area contributed by atoms with Crippen molar-refractivity contribution in [2.24, 2.45) is 0 Å². The van der Waals surface area contributed by atoms with Gasteiger partial charge in [-0.1, -0.05) is 36.4 Å². The van der Waals surface area contributed by atoms with E-state index < -0.39 is 0 Å². The maximum Gasteiger partial charge on any atom is 0.244 e. The van der Waals surface area contributed by atoms with E-state index in [0.29, 0.717) is 32.7 Å². The molecule has 0 aliphatic carbocycles. The highest BCUT2D eigenvalue weighted by molar-refractivity contribution is 5.92. The standard InChI is InChI=1S/C24H29N3O3/c1-2-30-22-11-7-6-8-20(22)12-13-23(28)25-15-14-24(29)27-18-16-26(17-19-27)21-9-4-3-5-10-21/h3-13H,2,14-19H2,1H3,(H,25,28)/b13-12+. The van der Waals surface area contributed by atoms with Crippen LogP contribution in [0.1, 0.15) is 18.9 Å². The summed E-state index contributed by atoms with van der Waals surface area (Å²) in [4.78, 5) is 28.7. The second-order valence-corrected chi connectivity index (χ2v) is 7.05. The Morgan fingerprint density at radius 2 is 1.70 bits per heavy atom. The molecule has 1 fully saturated rings. The topological polar surface area (TPSA) is 61.9 Å². The van der Waals surface area contributed by atoms with Crippen LogP contribution in [-0.4, -0.2) is 56.0 Å². The third-order valence-corrected chi connectivity index (χ3v) is 5.02. The van der Waals surface area contributed by atoms with Crippen LogP contribution in [0.5, 0.6) is 5.75 Å². The number of ether oxygens (including phenoxy) is 1. The lowest BCUT2D eigenvalue weighted by Crippen LogP contribution is -2.49. The summed E-state index contributed by atoms with van der Waals surface area (Å²) < 4.78 is 5.55. The Labute approximate surface area is 178 Å². The van der Waals surface area contributed by atoms with Gasteiger partial charge in [-0.05, 0) is 31.2 Å². The zero-order valence-electron chi connectivity index (χ0n) is 17.4. The van der Waals surface area contributed by atoms with Crippen molar-refractivity contribution in [2.45, 2.75) is 13.3 Å². The largest absolute Gasteiger partial charge is 0.493 e. The zero-order chi connectivity index (χ0) is 21.2. The molecule has 1 aliphatic heterocycles. The zero-order valence-corrected chi connectivity index (χ0v) is 17.4. The quantitative estimate of drug-likeness (QED) is 0.684. The van der Waals surface area contributed by atoms with E-state index in [-0.39, 0.29) is 11.8 Å². The van der Waals surface area contributed by atoms with E-state index in [9.17, 15) is 9.59 Å². The lowest BCUT2D eigenvalue weighted by Gasteiger charge is -2.36. The van der Waals surface area contributed by atoms with Crippen LogP contribution < -0.4 is 15.0 Å². The normalized spacial score (nSPS) is 14.0. The lowest BCUT2D eigenvalue weighted by atomic mass is 10.2. The number of nitrogens with one attached hydrogen (secondary N) is 1. The van der Waals surface area contributed by atoms with Crippen molar-refractivity contribution >= 4 is 23.6 Å². The van der Waals surface area contributed by atoms with Gasteiger partial charge in [0.05, 0.1) is 6.61 Å². The minimum absolute atomic E-state index is 0.0775. The van der Waals surface area contributed by atoms with Crippen molar-refractivity contribution < 1.29 is 14.3 Å². The summed E-state index contributed by atoms with van der Waals surface area (Å²) in [5.74, 6) is 0.602. The van der Waals surface area contributed by atoms with Gasteiger partial charge in [0, 0.05) is 56.5 Å². The van der Waals surface area contributed by atoms with Crippen LogP contribution in [-0.2, 0) is 9.59 Å². The summed E-state index contributed by atoms with van der Waals surface area (Å²) in [6.07, 6.45) is 3.51. The van der Waals surface area contributed by atoms with E-state index in [1.165, 1.54) is 11.8 Å². The van der Waals surface area contributed by atoms with Crippen LogP contribution in [0, 0.1) is 0 Å². The first-order valence-electron chi connectivity index (χ1n) is 10.4. The first kappa shape index (κ1) is 21.4. The molecule has 3 rings (SSSR count). The van der Waals surface area contributed by atoms with E-state index in [4.69, 9.17) is 4.74 Å². The Morgan fingerprint density at radius 1 is 1.00 bits per heavy atom.